The van der Waals surface area contributed by atoms with Crippen molar-refractivity contribution in [2.45, 2.75) is 44.8 Å². The van der Waals surface area contributed by atoms with Gasteiger partial charge in [-0.15, -0.1) is 0 Å². The molecule has 1 aromatic rings. The summed E-state index contributed by atoms with van der Waals surface area (Å²) in [6.45, 7) is 4.80. The van der Waals surface area contributed by atoms with Crippen LogP contribution < -0.4 is 5.32 Å². The highest BCUT2D eigenvalue weighted by Gasteiger charge is 2.44. The van der Waals surface area contributed by atoms with Gasteiger partial charge in [0.25, 0.3) is 5.91 Å². The molecule has 0 aromatic heterocycles. The molecule has 2 fully saturated rings. The van der Waals surface area contributed by atoms with Crippen LogP contribution in [0.25, 0.3) is 0 Å². The second-order valence-corrected chi connectivity index (χ2v) is 6.81. The summed E-state index contributed by atoms with van der Waals surface area (Å²) in [5, 5.41) is 2.68. The lowest BCUT2D eigenvalue weighted by Crippen LogP contribution is -2.42. The van der Waals surface area contributed by atoms with Crippen LogP contribution in [0.5, 0.6) is 0 Å². The Hall–Kier alpha value is -1.95. The van der Waals surface area contributed by atoms with Crippen LogP contribution in [0.1, 0.15) is 32.3 Å². The molecule has 0 spiro atoms. The molecule has 1 aliphatic carbocycles. The van der Waals surface area contributed by atoms with Crippen LogP contribution in [0.4, 0.5) is 9.18 Å². The number of imide groups is 1. The highest BCUT2D eigenvalue weighted by molar-refractivity contribution is 6.06. The Morgan fingerprint density at radius 1 is 1.30 bits per heavy atom. The minimum Gasteiger partial charge on any atom is -0.324 e. The first-order valence-corrected chi connectivity index (χ1v) is 8.00. The van der Waals surface area contributed by atoms with Crippen molar-refractivity contribution in [1.82, 2.24) is 15.1 Å². The van der Waals surface area contributed by atoms with Crippen molar-refractivity contribution >= 4 is 11.9 Å². The number of hydrogen-bond donors (Lipinski definition) is 1. The predicted molar refractivity (Wildman–Crippen MR) is 84.2 cm³/mol. The van der Waals surface area contributed by atoms with Crippen LogP contribution in [-0.2, 0) is 11.3 Å². The van der Waals surface area contributed by atoms with E-state index in [-0.39, 0.29) is 17.8 Å². The maximum absolute atomic E-state index is 13.8. The van der Waals surface area contributed by atoms with E-state index < -0.39 is 5.54 Å². The minimum absolute atomic E-state index is 0.205. The summed E-state index contributed by atoms with van der Waals surface area (Å²) in [4.78, 5) is 27.6. The molecule has 1 saturated heterocycles. The van der Waals surface area contributed by atoms with Gasteiger partial charge in [-0.1, -0.05) is 18.2 Å². The van der Waals surface area contributed by atoms with Gasteiger partial charge in [-0.3, -0.25) is 14.6 Å². The molecule has 1 saturated carbocycles. The number of hydrogen-bond acceptors (Lipinski definition) is 3. The molecule has 0 atom stereocenters. The summed E-state index contributed by atoms with van der Waals surface area (Å²) < 4.78 is 13.8. The molecule has 0 unspecified atom stereocenters. The van der Waals surface area contributed by atoms with Crippen molar-refractivity contribution in [2.75, 3.05) is 13.1 Å². The molecule has 1 heterocycles. The molecule has 1 aromatic carbocycles. The van der Waals surface area contributed by atoms with Crippen molar-refractivity contribution in [3.8, 4) is 0 Å². The van der Waals surface area contributed by atoms with E-state index in [4.69, 9.17) is 0 Å². The lowest BCUT2D eigenvalue weighted by molar-refractivity contribution is -0.130. The fraction of sp³-hybridized carbons (Fsp3) is 0.529. The van der Waals surface area contributed by atoms with E-state index in [0.717, 1.165) is 12.8 Å². The molecule has 2 aliphatic rings. The van der Waals surface area contributed by atoms with Gasteiger partial charge in [-0.25, -0.2) is 9.18 Å². The topological polar surface area (TPSA) is 52.7 Å². The number of amides is 3. The lowest BCUT2D eigenvalue weighted by Gasteiger charge is -2.24. The van der Waals surface area contributed by atoms with E-state index in [9.17, 15) is 14.0 Å². The molecule has 1 N–H and O–H groups in total. The first-order valence-electron chi connectivity index (χ1n) is 8.00. The zero-order valence-electron chi connectivity index (χ0n) is 13.5. The largest absolute Gasteiger partial charge is 0.325 e. The monoisotopic (exact) mass is 319 g/mol. The molecule has 3 amide bonds. The van der Waals surface area contributed by atoms with E-state index >= 15 is 0 Å². The Bertz CT molecular complexity index is 628. The molecular formula is C17H22FN3O2. The summed E-state index contributed by atoms with van der Waals surface area (Å²) in [6.07, 6.45) is 2.17. The molecule has 0 radical (unpaired) electrons. The maximum atomic E-state index is 13.8. The quantitative estimate of drug-likeness (QED) is 0.817. The molecule has 1 aliphatic heterocycles. The van der Waals surface area contributed by atoms with Gasteiger partial charge in [0, 0.05) is 31.2 Å². The molecule has 23 heavy (non-hydrogen) atoms. The third kappa shape index (κ3) is 3.37. The van der Waals surface area contributed by atoms with Crippen LogP contribution in [-0.4, -0.2) is 46.4 Å². The summed E-state index contributed by atoms with van der Waals surface area (Å²) in [5.41, 5.74) is -0.190. The van der Waals surface area contributed by atoms with Crippen LogP contribution in [0.15, 0.2) is 24.3 Å². The smallest absolute Gasteiger partial charge is 0.324 e. The SMILES string of the molecule is CC1(C)NC(=O)N(CCN(Cc2ccccc2F)C2CC2)C1=O. The minimum atomic E-state index is -0.840. The lowest BCUT2D eigenvalue weighted by atomic mass is 10.1. The Labute approximate surface area is 135 Å². The Morgan fingerprint density at radius 2 is 2.00 bits per heavy atom. The van der Waals surface area contributed by atoms with Gasteiger partial charge in [0.2, 0.25) is 0 Å². The Kier molecular flexibility index (Phi) is 4.10. The van der Waals surface area contributed by atoms with E-state index in [1.54, 1.807) is 26.0 Å². The standard InChI is InChI=1S/C17H22FN3O2/c1-17(2)15(22)21(16(23)19-17)10-9-20(13-7-8-13)11-12-5-3-4-6-14(12)18/h3-6,13H,7-11H2,1-2H3,(H,19,23). The van der Waals surface area contributed by atoms with Crippen molar-refractivity contribution in [3.63, 3.8) is 0 Å². The Morgan fingerprint density at radius 3 is 2.57 bits per heavy atom. The first kappa shape index (κ1) is 15.9. The van der Waals surface area contributed by atoms with Crippen molar-refractivity contribution in [1.29, 1.82) is 0 Å². The average Bonchev–Trinajstić information content (AvgIpc) is 3.29. The fourth-order valence-corrected chi connectivity index (χ4v) is 2.93. The molecule has 0 bridgehead atoms. The zero-order chi connectivity index (χ0) is 16.6. The number of carbonyl (C=O) groups is 2. The number of nitrogens with one attached hydrogen (secondary N) is 1. The summed E-state index contributed by atoms with van der Waals surface area (Å²) in [5.74, 6) is -0.418. The van der Waals surface area contributed by atoms with Gasteiger partial charge in [0.15, 0.2) is 0 Å². The molecule has 6 heteroatoms. The number of benzene rings is 1. The average molecular weight is 319 g/mol. The molecular weight excluding hydrogens is 297 g/mol. The van der Waals surface area contributed by atoms with Crippen LogP contribution in [0.2, 0.25) is 0 Å². The van der Waals surface area contributed by atoms with Gasteiger partial charge in [-0.05, 0) is 32.8 Å². The third-order valence-electron chi connectivity index (χ3n) is 4.45. The first-order chi connectivity index (χ1) is 10.9. The van der Waals surface area contributed by atoms with Crippen LogP contribution in [0, 0.1) is 5.82 Å². The molecule has 124 valence electrons. The van der Waals surface area contributed by atoms with E-state index in [2.05, 4.69) is 10.2 Å². The summed E-state index contributed by atoms with van der Waals surface area (Å²) in [6, 6.07) is 6.81. The van der Waals surface area contributed by atoms with E-state index in [1.165, 1.54) is 11.0 Å². The van der Waals surface area contributed by atoms with Crippen LogP contribution in [0.3, 0.4) is 0 Å². The summed E-state index contributed by atoms with van der Waals surface area (Å²) in [7, 11) is 0. The number of rotatable bonds is 6. The predicted octanol–water partition coefficient (Wildman–Crippen LogP) is 2.12. The van der Waals surface area contributed by atoms with Gasteiger partial charge in [0.05, 0.1) is 0 Å². The van der Waals surface area contributed by atoms with Crippen molar-refractivity contribution in [3.05, 3.63) is 35.6 Å². The van der Waals surface area contributed by atoms with Gasteiger partial charge < -0.3 is 5.32 Å². The van der Waals surface area contributed by atoms with Gasteiger partial charge in [0.1, 0.15) is 11.4 Å². The number of nitrogens with zero attached hydrogens (tertiary/aromatic N) is 2. The second-order valence-electron chi connectivity index (χ2n) is 6.81. The third-order valence-corrected chi connectivity index (χ3v) is 4.45. The van der Waals surface area contributed by atoms with Crippen LogP contribution >= 0.6 is 0 Å². The second kappa shape index (κ2) is 5.92. The van der Waals surface area contributed by atoms with Gasteiger partial charge >= 0.3 is 6.03 Å². The number of urea groups is 1. The van der Waals surface area contributed by atoms with E-state index in [1.807, 2.05) is 6.07 Å². The highest BCUT2D eigenvalue weighted by atomic mass is 19.1. The van der Waals surface area contributed by atoms with E-state index in [0.29, 0.717) is 31.2 Å². The summed E-state index contributed by atoms with van der Waals surface area (Å²) >= 11 is 0. The molecule has 5 nitrogen and oxygen atoms in total. The zero-order valence-corrected chi connectivity index (χ0v) is 13.5. The Balaban J connectivity index is 1.64. The number of halogens is 1. The fourth-order valence-electron chi connectivity index (χ4n) is 2.93. The highest BCUT2D eigenvalue weighted by Crippen LogP contribution is 2.29. The van der Waals surface area contributed by atoms with Gasteiger partial charge in [-0.2, -0.15) is 0 Å². The maximum Gasteiger partial charge on any atom is 0.325 e. The van der Waals surface area contributed by atoms with Crippen molar-refractivity contribution in [2.24, 2.45) is 0 Å². The number of carbonyl (C=O) groups excluding carboxylic acids is 2. The van der Waals surface area contributed by atoms with Crippen molar-refractivity contribution < 1.29 is 14.0 Å². The molecule has 3 rings (SSSR count). The normalized spacial score (nSPS) is 20.3.